The van der Waals surface area contributed by atoms with Gasteiger partial charge in [-0.15, -0.1) is 0 Å². The van der Waals surface area contributed by atoms with Crippen LogP contribution < -0.4 is 4.80 Å². The average Bonchev–Trinajstić information content (AvgIpc) is 3.10. The Balaban J connectivity index is 1.61. The number of hydrogen-bond donors (Lipinski definition) is 0. The highest BCUT2D eigenvalue weighted by atomic mass is 32.2. The predicted molar refractivity (Wildman–Crippen MR) is 119 cm³/mol. The number of fused-ring (bicyclic) bond motifs is 1. The summed E-state index contributed by atoms with van der Waals surface area (Å²) in [6, 6.07) is 10.9. The fourth-order valence-electron chi connectivity index (χ4n) is 3.87. The zero-order valence-electron chi connectivity index (χ0n) is 17.4. The molecule has 164 valence electrons. The lowest BCUT2D eigenvalue weighted by molar-refractivity contribution is -0.122. The number of aryl methyl sites for hydroxylation is 2. The Hall–Kier alpha value is -2.36. The van der Waals surface area contributed by atoms with Gasteiger partial charge in [0.2, 0.25) is 10.0 Å². The molecule has 1 saturated heterocycles. The molecule has 0 aliphatic carbocycles. The third-order valence-electron chi connectivity index (χ3n) is 5.55. The number of halogens is 1. The molecule has 2 heterocycles. The first-order valence-electron chi connectivity index (χ1n) is 10.2. The Kier molecular flexibility index (Phi) is 6.09. The number of thiazole rings is 1. The van der Waals surface area contributed by atoms with Crippen LogP contribution in [0.2, 0.25) is 0 Å². The first-order valence-corrected chi connectivity index (χ1v) is 12.5. The zero-order valence-corrected chi connectivity index (χ0v) is 19.0. The van der Waals surface area contributed by atoms with E-state index in [9.17, 15) is 17.6 Å². The van der Waals surface area contributed by atoms with Crippen molar-refractivity contribution in [1.82, 2.24) is 8.87 Å². The van der Waals surface area contributed by atoms with Crippen molar-refractivity contribution < 1.29 is 17.6 Å². The maximum atomic E-state index is 13.2. The van der Waals surface area contributed by atoms with Gasteiger partial charge < -0.3 is 4.57 Å². The van der Waals surface area contributed by atoms with Crippen LogP contribution in [0.25, 0.3) is 10.2 Å². The summed E-state index contributed by atoms with van der Waals surface area (Å²) < 4.78 is 43.4. The molecule has 0 saturated carbocycles. The van der Waals surface area contributed by atoms with Crippen LogP contribution >= 0.6 is 11.3 Å². The molecular weight excluding hydrogens is 437 g/mol. The smallest absolute Gasteiger partial charge is 0.252 e. The molecule has 1 aliphatic heterocycles. The molecule has 6 nitrogen and oxygen atoms in total. The number of carbonyl (C=O) groups is 1. The lowest BCUT2D eigenvalue weighted by Gasteiger charge is -2.30. The summed E-state index contributed by atoms with van der Waals surface area (Å²) in [6.45, 7) is 5.13. The predicted octanol–water partition coefficient (Wildman–Crippen LogP) is 3.70. The largest absolute Gasteiger partial charge is 0.317 e. The van der Waals surface area contributed by atoms with Gasteiger partial charge in [0.1, 0.15) is 5.82 Å². The Morgan fingerprint density at radius 2 is 1.97 bits per heavy atom. The minimum atomic E-state index is -3.79. The standard InChI is InChI=1S/C22H24FN3O3S2/c1-3-26-19-11-6-15(2)13-20(19)30-22(26)24-21(27)16-5-4-12-25(14-16)31(28,29)18-9-7-17(23)8-10-18/h6-11,13,16H,3-5,12,14H2,1-2H3. The van der Waals surface area contributed by atoms with Gasteiger partial charge in [-0.05, 0) is 68.7 Å². The minimum absolute atomic E-state index is 0.0302. The molecule has 1 amide bonds. The molecule has 9 heteroatoms. The summed E-state index contributed by atoms with van der Waals surface area (Å²) >= 11 is 1.47. The lowest BCUT2D eigenvalue weighted by Crippen LogP contribution is -2.42. The fraction of sp³-hybridized carbons (Fsp3) is 0.364. The van der Waals surface area contributed by atoms with Gasteiger partial charge in [0.15, 0.2) is 4.80 Å². The van der Waals surface area contributed by atoms with E-state index in [-0.39, 0.29) is 17.3 Å². The maximum absolute atomic E-state index is 13.2. The number of aromatic nitrogens is 1. The second-order valence-corrected chi connectivity index (χ2v) is 10.7. The monoisotopic (exact) mass is 461 g/mol. The number of benzene rings is 2. The molecule has 1 aromatic heterocycles. The van der Waals surface area contributed by atoms with Crippen molar-refractivity contribution in [2.24, 2.45) is 10.9 Å². The van der Waals surface area contributed by atoms with Crippen LogP contribution in [-0.4, -0.2) is 36.3 Å². The number of nitrogens with zero attached hydrogens (tertiary/aromatic N) is 3. The van der Waals surface area contributed by atoms with Crippen LogP contribution in [0.1, 0.15) is 25.3 Å². The third kappa shape index (κ3) is 4.35. The van der Waals surface area contributed by atoms with E-state index in [1.54, 1.807) is 0 Å². The average molecular weight is 462 g/mol. The van der Waals surface area contributed by atoms with Gasteiger partial charge in [-0.2, -0.15) is 9.30 Å². The number of piperidine rings is 1. The second-order valence-electron chi connectivity index (χ2n) is 7.71. The quantitative estimate of drug-likeness (QED) is 0.595. The third-order valence-corrected chi connectivity index (χ3v) is 8.47. The molecule has 0 radical (unpaired) electrons. The van der Waals surface area contributed by atoms with E-state index in [0.29, 0.717) is 30.7 Å². The summed E-state index contributed by atoms with van der Waals surface area (Å²) in [7, 11) is -3.79. The van der Waals surface area contributed by atoms with Gasteiger partial charge in [0.25, 0.3) is 5.91 Å². The first-order chi connectivity index (χ1) is 14.8. The molecule has 31 heavy (non-hydrogen) atoms. The van der Waals surface area contributed by atoms with Crippen molar-refractivity contribution >= 4 is 37.5 Å². The zero-order chi connectivity index (χ0) is 22.2. The molecule has 1 atom stereocenters. The van der Waals surface area contributed by atoms with Crippen molar-refractivity contribution in [3.8, 4) is 0 Å². The molecular formula is C22H24FN3O3S2. The molecule has 0 N–H and O–H groups in total. The molecule has 3 aromatic rings. The van der Waals surface area contributed by atoms with E-state index in [1.165, 1.54) is 27.8 Å². The highest BCUT2D eigenvalue weighted by molar-refractivity contribution is 7.89. The number of hydrogen-bond acceptors (Lipinski definition) is 4. The number of rotatable bonds is 4. The molecule has 1 unspecified atom stereocenters. The highest BCUT2D eigenvalue weighted by Crippen LogP contribution is 2.25. The van der Waals surface area contributed by atoms with E-state index in [2.05, 4.69) is 11.1 Å². The fourth-order valence-corrected chi connectivity index (χ4v) is 6.60. The van der Waals surface area contributed by atoms with Gasteiger partial charge >= 0.3 is 0 Å². The van der Waals surface area contributed by atoms with Gasteiger partial charge in [-0.25, -0.2) is 12.8 Å². The Morgan fingerprint density at radius 3 is 2.68 bits per heavy atom. The first kappa shape index (κ1) is 21.9. The van der Waals surface area contributed by atoms with E-state index in [4.69, 9.17) is 0 Å². The lowest BCUT2D eigenvalue weighted by atomic mass is 9.99. The molecule has 0 bridgehead atoms. The van der Waals surface area contributed by atoms with Crippen molar-refractivity contribution in [2.45, 2.75) is 38.1 Å². The van der Waals surface area contributed by atoms with Crippen LogP contribution in [0.4, 0.5) is 4.39 Å². The van der Waals surface area contributed by atoms with E-state index in [0.717, 1.165) is 27.9 Å². The van der Waals surface area contributed by atoms with Gasteiger partial charge in [-0.3, -0.25) is 4.79 Å². The SMILES string of the molecule is CCn1c(=NC(=O)C2CCCN(S(=O)(=O)c3ccc(F)cc3)C2)sc2cc(C)ccc21. The van der Waals surface area contributed by atoms with Crippen LogP contribution in [0.3, 0.4) is 0 Å². The summed E-state index contributed by atoms with van der Waals surface area (Å²) in [5.41, 5.74) is 2.18. The van der Waals surface area contributed by atoms with Gasteiger partial charge in [0, 0.05) is 19.6 Å². The van der Waals surface area contributed by atoms with Crippen LogP contribution in [-0.2, 0) is 21.4 Å². The molecule has 4 rings (SSSR count). The summed E-state index contributed by atoms with van der Waals surface area (Å²) in [5, 5.41) is 0. The van der Waals surface area contributed by atoms with E-state index in [1.807, 2.05) is 30.5 Å². The van der Waals surface area contributed by atoms with Crippen molar-refractivity contribution in [3.05, 3.63) is 58.6 Å². The normalized spacial score (nSPS) is 18.5. The minimum Gasteiger partial charge on any atom is -0.317 e. The van der Waals surface area contributed by atoms with Crippen LogP contribution in [0.5, 0.6) is 0 Å². The Labute approximate surface area is 184 Å². The van der Waals surface area contributed by atoms with Gasteiger partial charge in [0.05, 0.1) is 21.0 Å². The highest BCUT2D eigenvalue weighted by Gasteiger charge is 2.33. The topological polar surface area (TPSA) is 71.7 Å². The molecule has 1 aliphatic rings. The number of carbonyl (C=O) groups excluding carboxylic acids is 1. The van der Waals surface area contributed by atoms with E-state index < -0.39 is 21.8 Å². The van der Waals surface area contributed by atoms with Crippen molar-refractivity contribution in [2.75, 3.05) is 13.1 Å². The van der Waals surface area contributed by atoms with Crippen LogP contribution in [0, 0.1) is 18.7 Å². The maximum Gasteiger partial charge on any atom is 0.252 e. The summed E-state index contributed by atoms with van der Waals surface area (Å²) in [5.74, 6) is -1.29. The summed E-state index contributed by atoms with van der Waals surface area (Å²) in [6.07, 6.45) is 1.17. The second kappa shape index (κ2) is 8.64. The number of amides is 1. The molecule has 0 spiro atoms. The molecule has 1 fully saturated rings. The summed E-state index contributed by atoms with van der Waals surface area (Å²) in [4.78, 5) is 18.0. The van der Waals surface area contributed by atoms with Gasteiger partial charge in [-0.1, -0.05) is 17.4 Å². The van der Waals surface area contributed by atoms with Crippen molar-refractivity contribution in [3.63, 3.8) is 0 Å². The van der Waals surface area contributed by atoms with Crippen LogP contribution in [0.15, 0.2) is 52.4 Å². The number of sulfonamides is 1. The Bertz CT molecular complexity index is 1290. The van der Waals surface area contributed by atoms with Crippen molar-refractivity contribution in [1.29, 1.82) is 0 Å². The Morgan fingerprint density at radius 1 is 1.23 bits per heavy atom. The van der Waals surface area contributed by atoms with E-state index >= 15 is 0 Å². The molecule has 2 aromatic carbocycles.